The molecule has 0 saturated heterocycles. The predicted octanol–water partition coefficient (Wildman–Crippen LogP) is 7.41. The Balaban J connectivity index is 1.65. The van der Waals surface area contributed by atoms with Crippen LogP contribution in [0.4, 0.5) is 10.5 Å². The van der Waals surface area contributed by atoms with Crippen LogP contribution in [0.3, 0.4) is 0 Å². The number of hydrogen-bond acceptors (Lipinski definition) is 4. The molecule has 0 radical (unpaired) electrons. The average Bonchev–Trinajstić information content (AvgIpc) is 2.76. The highest BCUT2D eigenvalue weighted by Crippen LogP contribution is 2.35. The highest BCUT2D eigenvalue weighted by atomic mass is 127. The first-order valence-corrected chi connectivity index (χ1v) is 12.2. The zero-order valence-electron chi connectivity index (χ0n) is 17.6. The van der Waals surface area contributed by atoms with Crippen molar-refractivity contribution in [3.63, 3.8) is 0 Å². The molecule has 0 aliphatic heterocycles. The van der Waals surface area contributed by atoms with Crippen LogP contribution in [0.2, 0.25) is 10.0 Å². The quantitative estimate of drug-likeness (QED) is 0.157. The second-order valence-corrected chi connectivity index (χ2v) is 9.71. The number of halogens is 4. The summed E-state index contributed by atoms with van der Waals surface area (Å²) in [6.45, 7) is 2.20. The van der Waals surface area contributed by atoms with Gasteiger partial charge in [-0.05, 0) is 83.1 Å². The molecule has 0 aliphatic rings. The summed E-state index contributed by atoms with van der Waals surface area (Å²) in [5, 5.41) is 7.84. The van der Waals surface area contributed by atoms with Crippen LogP contribution in [-0.4, -0.2) is 19.4 Å². The minimum absolute atomic E-state index is 0.257. The number of hydrazone groups is 1. The monoisotopic (exact) mass is 661 g/mol. The zero-order valence-corrected chi connectivity index (χ0v) is 22.8. The molecular formula is C23H19BrCl2IN3O3. The molecule has 172 valence electrons. The van der Waals surface area contributed by atoms with E-state index in [0.29, 0.717) is 27.2 Å². The first-order chi connectivity index (χ1) is 15.8. The highest BCUT2D eigenvalue weighted by Gasteiger charge is 2.13. The molecule has 3 rings (SSSR count). The lowest BCUT2D eigenvalue weighted by atomic mass is 10.2. The standard InChI is InChI=1S/C23H19BrCl2IN3O3/c1-13-7-17(5-6-18(13)24)29-23(31)30-28-11-14-8-20(27)22(21(9-14)32-2)33-12-15-3-4-16(25)10-19(15)26/h3-11H,12H2,1-2H3,(H2,29,30,31)/b28-11+. The van der Waals surface area contributed by atoms with E-state index in [0.717, 1.165) is 24.7 Å². The van der Waals surface area contributed by atoms with Gasteiger partial charge in [0.25, 0.3) is 0 Å². The SMILES string of the molecule is COc1cc(/C=N/NC(=O)Nc2ccc(Br)c(C)c2)cc(I)c1OCc1ccc(Cl)cc1Cl. The molecule has 0 aromatic heterocycles. The number of hydrogen-bond donors (Lipinski definition) is 2. The lowest BCUT2D eigenvalue weighted by Crippen LogP contribution is -2.24. The van der Waals surface area contributed by atoms with Gasteiger partial charge in [0.15, 0.2) is 11.5 Å². The Hall–Kier alpha value is -2.01. The minimum Gasteiger partial charge on any atom is -0.493 e. The Bertz CT molecular complexity index is 1210. The van der Waals surface area contributed by atoms with Crippen LogP contribution in [0, 0.1) is 10.5 Å². The van der Waals surface area contributed by atoms with Crippen molar-refractivity contribution in [2.24, 2.45) is 5.10 Å². The lowest BCUT2D eigenvalue weighted by molar-refractivity contribution is 0.252. The summed E-state index contributed by atoms with van der Waals surface area (Å²) in [5.74, 6) is 1.11. The van der Waals surface area contributed by atoms with Gasteiger partial charge in [0.2, 0.25) is 0 Å². The van der Waals surface area contributed by atoms with E-state index in [4.69, 9.17) is 32.7 Å². The Morgan fingerprint density at radius 3 is 2.67 bits per heavy atom. The van der Waals surface area contributed by atoms with Gasteiger partial charge in [0, 0.05) is 25.8 Å². The van der Waals surface area contributed by atoms with Gasteiger partial charge < -0.3 is 14.8 Å². The third-order valence-corrected chi connectivity index (χ3v) is 6.71. The summed E-state index contributed by atoms with van der Waals surface area (Å²) >= 11 is 17.8. The Morgan fingerprint density at radius 1 is 1.18 bits per heavy atom. The number of nitrogens with zero attached hydrogens (tertiary/aromatic N) is 1. The van der Waals surface area contributed by atoms with Gasteiger partial charge in [0.05, 0.1) is 16.9 Å². The molecule has 3 aromatic rings. The van der Waals surface area contributed by atoms with Crippen molar-refractivity contribution in [3.05, 3.63) is 83.3 Å². The highest BCUT2D eigenvalue weighted by molar-refractivity contribution is 14.1. The molecule has 0 bridgehead atoms. The fraction of sp³-hybridized carbons (Fsp3) is 0.130. The van der Waals surface area contributed by atoms with E-state index in [1.54, 1.807) is 31.4 Å². The zero-order chi connectivity index (χ0) is 24.0. The van der Waals surface area contributed by atoms with E-state index in [2.05, 4.69) is 54.4 Å². The molecule has 0 heterocycles. The van der Waals surface area contributed by atoms with Crippen molar-refractivity contribution in [1.29, 1.82) is 0 Å². The Kier molecular flexibility index (Phi) is 9.25. The van der Waals surface area contributed by atoms with Gasteiger partial charge in [-0.3, -0.25) is 0 Å². The fourth-order valence-electron chi connectivity index (χ4n) is 2.79. The topological polar surface area (TPSA) is 72.0 Å². The molecule has 10 heteroatoms. The van der Waals surface area contributed by atoms with Crippen LogP contribution in [0.1, 0.15) is 16.7 Å². The molecule has 0 spiro atoms. The normalized spacial score (nSPS) is 10.8. The number of methoxy groups -OCH3 is 1. The number of carbonyl (C=O) groups excluding carboxylic acids is 1. The van der Waals surface area contributed by atoms with E-state index >= 15 is 0 Å². The summed E-state index contributed by atoms with van der Waals surface area (Å²) in [4.78, 5) is 12.1. The number of anilines is 1. The second-order valence-electron chi connectivity index (χ2n) is 6.85. The van der Waals surface area contributed by atoms with E-state index in [1.807, 2.05) is 31.2 Å². The molecule has 0 atom stereocenters. The summed E-state index contributed by atoms with van der Waals surface area (Å²) < 4.78 is 13.2. The van der Waals surface area contributed by atoms with Gasteiger partial charge in [0.1, 0.15) is 6.61 Å². The average molecular weight is 663 g/mol. The maximum atomic E-state index is 12.1. The minimum atomic E-state index is -0.450. The van der Waals surface area contributed by atoms with Crippen LogP contribution in [0.15, 0.2) is 58.1 Å². The second kappa shape index (κ2) is 11.9. The summed E-state index contributed by atoms with van der Waals surface area (Å²) in [6, 6.07) is 13.9. The molecule has 0 unspecified atom stereocenters. The van der Waals surface area contributed by atoms with Gasteiger partial charge >= 0.3 is 6.03 Å². The van der Waals surface area contributed by atoms with Crippen molar-refractivity contribution in [2.45, 2.75) is 13.5 Å². The van der Waals surface area contributed by atoms with Crippen molar-refractivity contribution < 1.29 is 14.3 Å². The molecule has 3 aromatic carbocycles. The Labute approximate surface area is 223 Å². The maximum Gasteiger partial charge on any atom is 0.339 e. The number of benzene rings is 3. The van der Waals surface area contributed by atoms with Gasteiger partial charge in [-0.15, -0.1) is 0 Å². The van der Waals surface area contributed by atoms with Crippen LogP contribution in [0.25, 0.3) is 0 Å². The van der Waals surface area contributed by atoms with Crippen molar-refractivity contribution in [1.82, 2.24) is 5.43 Å². The lowest BCUT2D eigenvalue weighted by Gasteiger charge is -2.14. The summed E-state index contributed by atoms with van der Waals surface area (Å²) in [6.07, 6.45) is 1.52. The summed E-state index contributed by atoms with van der Waals surface area (Å²) in [7, 11) is 1.56. The van der Waals surface area contributed by atoms with E-state index < -0.39 is 6.03 Å². The largest absolute Gasteiger partial charge is 0.493 e. The maximum absolute atomic E-state index is 12.1. The van der Waals surface area contributed by atoms with Crippen molar-refractivity contribution in [2.75, 3.05) is 12.4 Å². The first-order valence-electron chi connectivity index (χ1n) is 9.57. The Morgan fingerprint density at radius 2 is 1.97 bits per heavy atom. The number of rotatable bonds is 7. The van der Waals surface area contributed by atoms with Crippen LogP contribution in [-0.2, 0) is 6.61 Å². The van der Waals surface area contributed by atoms with Gasteiger partial charge in [-0.2, -0.15) is 5.10 Å². The number of carbonyl (C=O) groups is 1. The van der Waals surface area contributed by atoms with Crippen molar-refractivity contribution >= 4 is 79.7 Å². The van der Waals surface area contributed by atoms with Crippen LogP contribution < -0.4 is 20.2 Å². The molecule has 0 saturated carbocycles. The molecule has 6 nitrogen and oxygen atoms in total. The third-order valence-electron chi connectivity index (χ3n) is 4.43. The fourth-order valence-corrected chi connectivity index (χ4v) is 4.28. The van der Waals surface area contributed by atoms with Crippen molar-refractivity contribution in [3.8, 4) is 11.5 Å². The third kappa shape index (κ3) is 7.23. The molecule has 2 N–H and O–H groups in total. The molecule has 0 fully saturated rings. The smallest absolute Gasteiger partial charge is 0.339 e. The molecule has 33 heavy (non-hydrogen) atoms. The predicted molar refractivity (Wildman–Crippen MR) is 145 cm³/mol. The van der Waals surface area contributed by atoms with Crippen LogP contribution in [0.5, 0.6) is 11.5 Å². The van der Waals surface area contributed by atoms with E-state index in [1.165, 1.54) is 6.21 Å². The van der Waals surface area contributed by atoms with Gasteiger partial charge in [-0.25, -0.2) is 10.2 Å². The molecule has 2 amide bonds. The van der Waals surface area contributed by atoms with Crippen LogP contribution >= 0.6 is 61.7 Å². The van der Waals surface area contributed by atoms with Gasteiger partial charge in [-0.1, -0.05) is 45.2 Å². The molecule has 0 aliphatic carbocycles. The number of nitrogens with one attached hydrogen (secondary N) is 2. The number of ether oxygens (including phenoxy) is 2. The van der Waals surface area contributed by atoms with E-state index in [-0.39, 0.29) is 6.61 Å². The summed E-state index contributed by atoms with van der Waals surface area (Å²) in [5.41, 5.74) is 5.67. The molecular weight excluding hydrogens is 644 g/mol. The number of urea groups is 1. The van der Waals surface area contributed by atoms with E-state index in [9.17, 15) is 4.79 Å². The number of aryl methyl sites for hydroxylation is 1. The number of amides is 2. The first kappa shape index (κ1) is 25.6.